The fourth-order valence-electron chi connectivity index (χ4n) is 2.79. The summed E-state index contributed by atoms with van der Waals surface area (Å²) in [6.45, 7) is 10.4. The van der Waals surface area contributed by atoms with Crippen LogP contribution in [0.3, 0.4) is 0 Å². The van der Waals surface area contributed by atoms with Crippen molar-refractivity contribution in [3.05, 3.63) is 0 Å². The normalized spacial score (nSPS) is 18.9. The summed E-state index contributed by atoms with van der Waals surface area (Å²) in [6.07, 6.45) is 7.69. The van der Waals surface area contributed by atoms with Crippen LogP contribution in [0.2, 0.25) is 0 Å². The highest BCUT2D eigenvalue weighted by Crippen LogP contribution is 2.40. The third kappa shape index (κ3) is 7.28. The van der Waals surface area contributed by atoms with Crippen LogP contribution in [0.25, 0.3) is 0 Å². The monoisotopic (exact) mass is 271 g/mol. The minimum atomic E-state index is 0.217. The van der Waals surface area contributed by atoms with Gasteiger partial charge in [0.2, 0.25) is 0 Å². The van der Waals surface area contributed by atoms with Crippen LogP contribution in [0.5, 0.6) is 0 Å². The first-order valence-corrected chi connectivity index (χ1v) is 7.79. The SMILES string of the molecule is COCCCOCCC1(CNC(C)(C)C)CCCC1. The fraction of sp³-hybridized carbons (Fsp3) is 1.00. The molecule has 1 fully saturated rings. The molecular weight excluding hydrogens is 238 g/mol. The van der Waals surface area contributed by atoms with Gasteiger partial charge in [-0.1, -0.05) is 12.8 Å². The van der Waals surface area contributed by atoms with E-state index in [-0.39, 0.29) is 5.54 Å². The van der Waals surface area contributed by atoms with Crippen LogP contribution in [-0.4, -0.2) is 39.0 Å². The lowest BCUT2D eigenvalue weighted by molar-refractivity contribution is 0.0745. The summed E-state index contributed by atoms with van der Waals surface area (Å²) in [7, 11) is 1.74. The second-order valence-corrected chi connectivity index (χ2v) is 7.02. The van der Waals surface area contributed by atoms with E-state index in [1.807, 2.05) is 0 Å². The van der Waals surface area contributed by atoms with Crippen LogP contribution in [0.4, 0.5) is 0 Å². The Bertz CT molecular complexity index is 229. The van der Waals surface area contributed by atoms with E-state index >= 15 is 0 Å². The van der Waals surface area contributed by atoms with Gasteiger partial charge in [0, 0.05) is 39.0 Å². The standard InChI is InChI=1S/C16H33NO2/c1-15(2,3)17-14-16(8-5-6-9-16)10-13-19-12-7-11-18-4/h17H,5-14H2,1-4H3. The second-order valence-electron chi connectivity index (χ2n) is 7.02. The van der Waals surface area contributed by atoms with E-state index in [9.17, 15) is 0 Å². The second kappa shape index (κ2) is 8.23. The third-order valence-corrected chi connectivity index (χ3v) is 4.07. The van der Waals surface area contributed by atoms with Gasteiger partial charge >= 0.3 is 0 Å². The van der Waals surface area contributed by atoms with Crippen molar-refractivity contribution in [1.82, 2.24) is 5.32 Å². The summed E-state index contributed by atoms with van der Waals surface area (Å²) in [6, 6.07) is 0. The summed E-state index contributed by atoms with van der Waals surface area (Å²) >= 11 is 0. The Morgan fingerprint density at radius 1 is 1.05 bits per heavy atom. The van der Waals surface area contributed by atoms with Gasteiger partial charge in [-0.2, -0.15) is 0 Å². The van der Waals surface area contributed by atoms with Crippen molar-refractivity contribution in [3.8, 4) is 0 Å². The molecule has 1 aliphatic carbocycles. The van der Waals surface area contributed by atoms with Crippen LogP contribution in [0.1, 0.15) is 59.3 Å². The van der Waals surface area contributed by atoms with Gasteiger partial charge in [0.05, 0.1) is 0 Å². The lowest BCUT2D eigenvalue weighted by Gasteiger charge is -2.33. The summed E-state index contributed by atoms with van der Waals surface area (Å²) in [4.78, 5) is 0. The van der Waals surface area contributed by atoms with Crippen molar-refractivity contribution in [2.45, 2.75) is 64.8 Å². The summed E-state index contributed by atoms with van der Waals surface area (Å²) in [5, 5.41) is 3.69. The maximum Gasteiger partial charge on any atom is 0.0487 e. The highest BCUT2D eigenvalue weighted by atomic mass is 16.5. The molecule has 3 heteroatoms. The Hall–Kier alpha value is -0.120. The average molecular weight is 271 g/mol. The number of ether oxygens (including phenoxy) is 2. The van der Waals surface area contributed by atoms with Gasteiger partial charge in [0.1, 0.15) is 0 Å². The molecule has 0 atom stereocenters. The van der Waals surface area contributed by atoms with Gasteiger partial charge < -0.3 is 14.8 Å². The van der Waals surface area contributed by atoms with Crippen LogP contribution in [-0.2, 0) is 9.47 Å². The number of rotatable bonds is 9. The molecule has 0 heterocycles. The smallest absolute Gasteiger partial charge is 0.0487 e. The summed E-state index contributed by atoms with van der Waals surface area (Å²) < 4.78 is 10.8. The fourth-order valence-corrected chi connectivity index (χ4v) is 2.79. The van der Waals surface area contributed by atoms with E-state index in [1.54, 1.807) is 7.11 Å². The van der Waals surface area contributed by atoms with Crippen LogP contribution in [0, 0.1) is 5.41 Å². The Labute approximate surface area is 119 Å². The zero-order chi connectivity index (χ0) is 14.2. The van der Waals surface area contributed by atoms with Crippen molar-refractivity contribution < 1.29 is 9.47 Å². The molecule has 114 valence electrons. The molecule has 0 aromatic rings. The Morgan fingerprint density at radius 3 is 2.32 bits per heavy atom. The first kappa shape index (κ1) is 16.9. The van der Waals surface area contributed by atoms with Crippen molar-refractivity contribution >= 4 is 0 Å². The first-order valence-electron chi connectivity index (χ1n) is 7.79. The highest BCUT2D eigenvalue weighted by molar-refractivity contribution is 4.88. The third-order valence-electron chi connectivity index (χ3n) is 4.07. The number of hydrogen-bond donors (Lipinski definition) is 1. The molecule has 1 N–H and O–H groups in total. The lowest BCUT2D eigenvalue weighted by Crippen LogP contribution is -2.43. The molecule has 0 aliphatic heterocycles. The molecule has 1 saturated carbocycles. The number of nitrogens with one attached hydrogen (secondary N) is 1. The van der Waals surface area contributed by atoms with Gasteiger partial charge in [-0.05, 0) is 51.9 Å². The van der Waals surface area contributed by atoms with Crippen molar-refractivity contribution in [3.63, 3.8) is 0 Å². The molecular formula is C16H33NO2. The number of hydrogen-bond acceptors (Lipinski definition) is 3. The zero-order valence-electron chi connectivity index (χ0n) is 13.4. The number of methoxy groups -OCH3 is 1. The quantitative estimate of drug-likeness (QED) is 0.652. The molecule has 0 aromatic heterocycles. The summed E-state index contributed by atoms with van der Waals surface area (Å²) in [5.74, 6) is 0. The van der Waals surface area contributed by atoms with Crippen LogP contribution < -0.4 is 5.32 Å². The minimum absolute atomic E-state index is 0.217. The van der Waals surface area contributed by atoms with E-state index < -0.39 is 0 Å². The molecule has 0 radical (unpaired) electrons. The van der Waals surface area contributed by atoms with E-state index in [2.05, 4.69) is 26.1 Å². The molecule has 19 heavy (non-hydrogen) atoms. The van der Waals surface area contributed by atoms with Gasteiger partial charge in [0.15, 0.2) is 0 Å². The van der Waals surface area contributed by atoms with Crippen LogP contribution in [0.15, 0.2) is 0 Å². The Balaban J connectivity index is 2.24. The first-order chi connectivity index (χ1) is 8.97. The molecule has 0 unspecified atom stereocenters. The van der Waals surface area contributed by atoms with E-state index in [4.69, 9.17) is 9.47 Å². The molecule has 1 aliphatic rings. The van der Waals surface area contributed by atoms with Gasteiger partial charge in [-0.15, -0.1) is 0 Å². The molecule has 0 saturated heterocycles. The zero-order valence-corrected chi connectivity index (χ0v) is 13.4. The molecule has 0 amide bonds. The maximum absolute atomic E-state index is 5.75. The van der Waals surface area contributed by atoms with Crippen molar-refractivity contribution in [1.29, 1.82) is 0 Å². The van der Waals surface area contributed by atoms with Gasteiger partial charge in [-0.25, -0.2) is 0 Å². The maximum atomic E-state index is 5.75. The molecule has 0 bridgehead atoms. The minimum Gasteiger partial charge on any atom is -0.385 e. The topological polar surface area (TPSA) is 30.5 Å². The Kier molecular flexibility index (Phi) is 7.33. The lowest BCUT2D eigenvalue weighted by atomic mass is 9.82. The molecule has 0 spiro atoms. The molecule has 3 nitrogen and oxygen atoms in total. The van der Waals surface area contributed by atoms with E-state index in [1.165, 1.54) is 32.1 Å². The largest absolute Gasteiger partial charge is 0.385 e. The highest BCUT2D eigenvalue weighted by Gasteiger charge is 2.34. The Morgan fingerprint density at radius 2 is 1.74 bits per heavy atom. The van der Waals surface area contributed by atoms with Crippen LogP contribution >= 0.6 is 0 Å². The van der Waals surface area contributed by atoms with Crippen molar-refractivity contribution in [2.24, 2.45) is 5.41 Å². The van der Waals surface area contributed by atoms with E-state index in [0.29, 0.717) is 5.41 Å². The van der Waals surface area contributed by atoms with Gasteiger partial charge in [0.25, 0.3) is 0 Å². The predicted octanol–water partition coefficient (Wildman–Crippen LogP) is 3.38. The average Bonchev–Trinajstić information content (AvgIpc) is 2.80. The summed E-state index contributed by atoms with van der Waals surface area (Å²) in [5.41, 5.74) is 0.698. The van der Waals surface area contributed by atoms with E-state index in [0.717, 1.165) is 32.8 Å². The molecule has 0 aromatic carbocycles. The predicted molar refractivity (Wildman–Crippen MR) is 80.6 cm³/mol. The molecule has 1 rings (SSSR count). The van der Waals surface area contributed by atoms with Gasteiger partial charge in [-0.3, -0.25) is 0 Å². The van der Waals surface area contributed by atoms with Crippen molar-refractivity contribution in [2.75, 3.05) is 33.5 Å².